The number of aliphatic hydroxyl groups excluding tert-OH is 2. The smallest absolute Gasteiger partial charge is 0.0889 e. The Morgan fingerprint density at radius 3 is 1.21 bits per heavy atom. The van der Waals surface area contributed by atoms with Gasteiger partial charge in [0.25, 0.3) is 0 Å². The zero-order valence-electron chi connectivity index (χ0n) is 13.1. The summed E-state index contributed by atoms with van der Waals surface area (Å²) in [6.45, 7) is 1.97. The van der Waals surface area contributed by atoms with Crippen molar-refractivity contribution < 1.29 is 10.2 Å². The molecule has 0 atom stereocenters. The third kappa shape index (κ3) is 4.51. The number of hydrogen-bond donors (Lipinski definition) is 2. The lowest BCUT2D eigenvalue weighted by Crippen LogP contribution is -2.50. The van der Waals surface area contributed by atoms with Crippen molar-refractivity contribution in [3.63, 3.8) is 0 Å². The number of anilines is 2. The Bertz CT molecular complexity index is 592. The first-order chi connectivity index (χ1) is 11.5. The second kappa shape index (κ2) is 7.87. The van der Waals surface area contributed by atoms with E-state index in [9.17, 15) is 10.2 Å². The van der Waals surface area contributed by atoms with Crippen molar-refractivity contribution in [1.29, 1.82) is 0 Å². The van der Waals surface area contributed by atoms with Gasteiger partial charge in [-0.25, -0.2) is 0 Å². The molecule has 128 valence electrons. The average molecular weight is 456 g/mol. The number of hydrogen-bond acceptors (Lipinski definition) is 4. The quantitative estimate of drug-likeness (QED) is 0.729. The van der Waals surface area contributed by atoms with E-state index < -0.39 is 12.2 Å². The number of β-amino-alcohol motifs (C(OH)–C–C–N with tert-alkyl or cyclic N) is 2. The van der Waals surface area contributed by atoms with Gasteiger partial charge in [-0.3, -0.25) is 0 Å². The molecule has 1 saturated heterocycles. The molecule has 0 unspecified atom stereocenters. The van der Waals surface area contributed by atoms with Crippen molar-refractivity contribution in [3.05, 3.63) is 57.5 Å². The minimum atomic E-state index is -0.496. The van der Waals surface area contributed by atoms with Crippen LogP contribution >= 0.6 is 31.9 Å². The molecule has 0 aromatic heterocycles. The summed E-state index contributed by atoms with van der Waals surface area (Å²) < 4.78 is 2.03. The predicted molar refractivity (Wildman–Crippen MR) is 105 cm³/mol. The minimum absolute atomic E-state index is 0.492. The Morgan fingerprint density at radius 1 is 0.625 bits per heavy atom. The lowest BCUT2D eigenvalue weighted by molar-refractivity contribution is 0.142. The fraction of sp³-hybridized carbons (Fsp3) is 0.333. The molecule has 2 aromatic carbocycles. The SMILES string of the molecule is OC1CN(c2ccc(Br)cc2)CC(O)CN(c2ccc(Br)cc2)C1. The van der Waals surface area contributed by atoms with Gasteiger partial charge in [0, 0.05) is 46.5 Å². The van der Waals surface area contributed by atoms with E-state index >= 15 is 0 Å². The summed E-state index contributed by atoms with van der Waals surface area (Å²) in [4.78, 5) is 4.08. The topological polar surface area (TPSA) is 46.9 Å². The van der Waals surface area contributed by atoms with Crippen LogP contribution in [-0.4, -0.2) is 48.6 Å². The average Bonchev–Trinajstić information content (AvgIpc) is 2.53. The highest BCUT2D eigenvalue weighted by Gasteiger charge is 2.24. The summed E-state index contributed by atoms with van der Waals surface area (Å²) in [5, 5.41) is 21.0. The van der Waals surface area contributed by atoms with Crippen molar-refractivity contribution in [3.8, 4) is 0 Å². The third-order valence-electron chi connectivity index (χ3n) is 4.11. The van der Waals surface area contributed by atoms with E-state index in [1.807, 2.05) is 58.3 Å². The molecule has 3 rings (SSSR count). The van der Waals surface area contributed by atoms with E-state index in [1.54, 1.807) is 0 Å². The van der Waals surface area contributed by atoms with Crippen LogP contribution in [0.5, 0.6) is 0 Å². The predicted octanol–water partition coefficient (Wildman–Crippen LogP) is 3.26. The molecule has 6 heteroatoms. The molecule has 0 radical (unpaired) electrons. The molecule has 0 aliphatic carbocycles. The van der Waals surface area contributed by atoms with E-state index in [-0.39, 0.29) is 0 Å². The van der Waals surface area contributed by atoms with Crippen LogP contribution in [-0.2, 0) is 0 Å². The molecule has 1 heterocycles. The maximum absolute atomic E-state index is 10.5. The van der Waals surface area contributed by atoms with E-state index in [1.165, 1.54) is 0 Å². The van der Waals surface area contributed by atoms with Crippen LogP contribution in [0.2, 0.25) is 0 Å². The Balaban J connectivity index is 1.75. The standard InChI is InChI=1S/C18H20Br2N2O2/c19-13-1-5-15(6-2-13)21-9-17(23)11-22(12-18(24)10-21)16-7-3-14(20)4-8-16/h1-8,17-18,23-24H,9-12H2. The number of benzene rings is 2. The molecule has 1 aliphatic rings. The van der Waals surface area contributed by atoms with E-state index in [0.717, 1.165) is 20.3 Å². The van der Waals surface area contributed by atoms with Gasteiger partial charge in [-0.15, -0.1) is 0 Å². The van der Waals surface area contributed by atoms with Crippen LogP contribution < -0.4 is 9.80 Å². The highest BCUT2D eigenvalue weighted by molar-refractivity contribution is 9.10. The largest absolute Gasteiger partial charge is 0.389 e. The van der Waals surface area contributed by atoms with Crippen LogP contribution in [0.25, 0.3) is 0 Å². The van der Waals surface area contributed by atoms with Gasteiger partial charge in [-0.2, -0.15) is 0 Å². The summed E-state index contributed by atoms with van der Waals surface area (Å²) in [5.74, 6) is 0. The maximum atomic E-state index is 10.5. The molecular weight excluding hydrogens is 436 g/mol. The van der Waals surface area contributed by atoms with Crippen molar-refractivity contribution in [2.75, 3.05) is 36.0 Å². The summed E-state index contributed by atoms with van der Waals surface area (Å²) in [7, 11) is 0. The first-order valence-electron chi connectivity index (χ1n) is 7.88. The van der Waals surface area contributed by atoms with Crippen molar-refractivity contribution >= 4 is 43.2 Å². The molecule has 1 fully saturated rings. The molecule has 2 N–H and O–H groups in total. The first-order valence-corrected chi connectivity index (χ1v) is 9.47. The van der Waals surface area contributed by atoms with Crippen LogP contribution in [0, 0.1) is 0 Å². The molecule has 4 nitrogen and oxygen atoms in total. The zero-order valence-corrected chi connectivity index (χ0v) is 16.3. The second-order valence-electron chi connectivity index (χ2n) is 6.07. The number of aliphatic hydroxyl groups is 2. The van der Waals surface area contributed by atoms with E-state index in [2.05, 4.69) is 31.9 Å². The lowest BCUT2D eigenvalue weighted by Gasteiger charge is -2.37. The fourth-order valence-electron chi connectivity index (χ4n) is 3.01. The molecule has 24 heavy (non-hydrogen) atoms. The highest BCUT2D eigenvalue weighted by atomic mass is 79.9. The van der Waals surface area contributed by atoms with Crippen molar-refractivity contribution in [1.82, 2.24) is 0 Å². The van der Waals surface area contributed by atoms with Gasteiger partial charge in [0.1, 0.15) is 0 Å². The molecular formula is C18H20Br2N2O2. The monoisotopic (exact) mass is 454 g/mol. The summed E-state index contributed by atoms with van der Waals surface area (Å²) in [6.07, 6.45) is -0.991. The molecule has 1 aliphatic heterocycles. The Morgan fingerprint density at radius 2 is 0.917 bits per heavy atom. The normalized spacial score (nSPS) is 22.2. The third-order valence-corrected chi connectivity index (χ3v) is 5.17. The Labute approximate surface area is 159 Å². The number of halogens is 2. The summed E-state index contributed by atoms with van der Waals surface area (Å²) in [6, 6.07) is 15.9. The van der Waals surface area contributed by atoms with Crippen LogP contribution in [0.3, 0.4) is 0 Å². The molecule has 0 spiro atoms. The lowest BCUT2D eigenvalue weighted by atomic mass is 10.1. The molecule has 0 amide bonds. The van der Waals surface area contributed by atoms with Gasteiger partial charge in [-0.05, 0) is 48.5 Å². The second-order valence-corrected chi connectivity index (χ2v) is 7.90. The van der Waals surface area contributed by atoms with Crippen molar-refractivity contribution in [2.45, 2.75) is 12.2 Å². The Hall–Kier alpha value is -1.08. The summed E-state index contributed by atoms with van der Waals surface area (Å²) >= 11 is 6.87. The number of nitrogens with zero attached hydrogens (tertiary/aromatic N) is 2. The van der Waals surface area contributed by atoms with Gasteiger partial charge in [0.05, 0.1) is 12.2 Å². The molecule has 0 bridgehead atoms. The molecule has 2 aromatic rings. The summed E-state index contributed by atoms with van der Waals surface area (Å²) in [5.41, 5.74) is 2.02. The zero-order chi connectivity index (χ0) is 17.1. The number of rotatable bonds is 2. The fourth-order valence-corrected chi connectivity index (χ4v) is 3.54. The van der Waals surface area contributed by atoms with E-state index in [0.29, 0.717) is 26.2 Å². The highest BCUT2D eigenvalue weighted by Crippen LogP contribution is 2.23. The maximum Gasteiger partial charge on any atom is 0.0889 e. The Kier molecular flexibility index (Phi) is 5.81. The van der Waals surface area contributed by atoms with Crippen LogP contribution in [0.4, 0.5) is 11.4 Å². The van der Waals surface area contributed by atoms with Crippen LogP contribution in [0.1, 0.15) is 0 Å². The van der Waals surface area contributed by atoms with Gasteiger partial charge in [-0.1, -0.05) is 31.9 Å². The minimum Gasteiger partial charge on any atom is -0.389 e. The van der Waals surface area contributed by atoms with Crippen molar-refractivity contribution in [2.24, 2.45) is 0 Å². The first kappa shape index (κ1) is 17.7. The van der Waals surface area contributed by atoms with Gasteiger partial charge >= 0.3 is 0 Å². The van der Waals surface area contributed by atoms with E-state index in [4.69, 9.17) is 0 Å². The van der Waals surface area contributed by atoms with Gasteiger partial charge in [0.2, 0.25) is 0 Å². The molecule has 0 saturated carbocycles. The van der Waals surface area contributed by atoms with Crippen LogP contribution in [0.15, 0.2) is 57.5 Å². The van der Waals surface area contributed by atoms with Gasteiger partial charge in [0.15, 0.2) is 0 Å². The van der Waals surface area contributed by atoms with Gasteiger partial charge < -0.3 is 20.0 Å².